The molecule has 0 bridgehead atoms. The van der Waals surface area contributed by atoms with E-state index in [4.69, 9.17) is 18.6 Å². The highest BCUT2D eigenvalue weighted by Gasteiger charge is 2.38. The Labute approximate surface area is 248 Å². The number of hydrogen-bond acceptors (Lipinski definition) is 9. The van der Waals surface area contributed by atoms with Crippen LogP contribution >= 0.6 is 0 Å². The molecule has 1 atom stereocenters. The number of nitrogens with zero attached hydrogens (tertiary/aromatic N) is 3. The van der Waals surface area contributed by atoms with Crippen LogP contribution in [0.15, 0.2) is 93.5 Å². The van der Waals surface area contributed by atoms with Crippen LogP contribution in [0.1, 0.15) is 17.0 Å². The lowest BCUT2D eigenvalue weighted by atomic mass is 9.83. The van der Waals surface area contributed by atoms with Gasteiger partial charge in [-0.2, -0.15) is 5.26 Å². The molecule has 218 valence electrons. The maximum atomic E-state index is 13.4. The van der Waals surface area contributed by atoms with Crippen molar-refractivity contribution in [1.29, 1.82) is 5.26 Å². The highest BCUT2D eigenvalue weighted by molar-refractivity contribution is 5.87. The molecule has 10 nitrogen and oxygen atoms in total. The van der Waals surface area contributed by atoms with Gasteiger partial charge >= 0.3 is 5.63 Å². The smallest absolute Gasteiger partial charge is 0.344 e. The summed E-state index contributed by atoms with van der Waals surface area (Å²) in [7, 11) is 3.03. The van der Waals surface area contributed by atoms with Crippen LogP contribution in [0.4, 0.5) is 5.69 Å². The molecule has 2 aliphatic rings. The number of nitrogens with one attached hydrogen (secondary N) is 1. The SMILES string of the molecule is COc1ccc(C2C(C#N)=C(NC(=O)CN3CCN(c4ccccc4)CC3)Oc3c2c(=O)oc2ccccc32)c(OC)c1. The minimum Gasteiger partial charge on any atom is -0.497 e. The van der Waals surface area contributed by atoms with E-state index in [0.717, 1.165) is 18.8 Å². The average Bonchev–Trinajstić information content (AvgIpc) is 3.04. The maximum absolute atomic E-state index is 13.4. The van der Waals surface area contributed by atoms with Gasteiger partial charge in [0.25, 0.3) is 0 Å². The number of ether oxygens (including phenoxy) is 3. The van der Waals surface area contributed by atoms with Crippen LogP contribution < -0.4 is 30.1 Å². The fraction of sp³-hybridized carbons (Fsp3) is 0.242. The molecule has 3 aromatic carbocycles. The third-order valence-corrected chi connectivity index (χ3v) is 7.81. The van der Waals surface area contributed by atoms with Crippen molar-refractivity contribution < 1.29 is 23.4 Å². The zero-order chi connectivity index (χ0) is 29.9. The molecule has 1 amide bonds. The molecule has 3 heterocycles. The molecule has 1 saturated heterocycles. The molecular weight excluding hydrogens is 548 g/mol. The van der Waals surface area contributed by atoms with Gasteiger partial charge in [0.05, 0.1) is 37.6 Å². The van der Waals surface area contributed by atoms with Gasteiger partial charge in [-0.1, -0.05) is 36.4 Å². The Morgan fingerprint density at radius 1 is 1.00 bits per heavy atom. The third-order valence-electron chi connectivity index (χ3n) is 7.81. The number of para-hydroxylation sites is 2. The summed E-state index contributed by atoms with van der Waals surface area (Å²) >= 11 is 0. The van der Waals surface area contributed by atoms with E-state index in [9.17, 15) is 14.9 Å². The quantitative estimate of drug-likeness (QED) is 0.325. The number of fused-ring (bicyclic) bond motifs is 3. The van der Waals surface area contributed by atoms with Crippen LogP contribution in [0.25, 0.3) is 11.0 Å². The lowest BCUT2D eigenvalue weighted by Gasteiger charge is -2.35. The highest BCUT2D eigenvalue weighted by Crippen LogP contribution is 2.46. The average molecular weight is 579 g/mol. The van der Waals surface area contributed by atoms with E-state index in [1.807, 2.05) is 18.2 Å². The number of methoxy groups -OCH3 is 2. The number of allylic oxidation sites excluding steroid dienone is 1. The first kappa shape index (κ1) is 27.9. The van der Waals surface area contributed by atoms with Crippen LogP contribution in [-0.4, -0.2) is 57.8 Å². The van der Waals surface area contributed by atoms with Crippen molar-refractivity contribution in [1.82, 2.24) is 10.2 Å². The first-order valence-corrected chi connectivity index (χ1v) is 13.9. The maximum Gasteiger partial charge on any atom is 0.344 e. The van der Waals surface area contributed by atoms with Gasteiger partial charge in [-0.3, -0.25) is 15.0 Å². The van der Waals surface area contributed by atoms with Crippen molar-refractivity contribution in [2.45, 2.75) is 5.92 Å². The van der Waals surface area contributed by atoms with Gasteiger partial charge in [0.2, 0.25) is 11.8 Å². The summed E-state index contributed by atoms with van der Waals surface area (Å²) in [4.78, 5) is 31.1. The molecule has 0 radical (unpaired) electrons. The number of piperazine rings is 1. The summed E-state index contributed by atoms with van der Waals surface area (Å²) in [6.07, 6.45) is 0. The van der Waals surface area contributed by atoms with Crippen molar-refractivity contribution in [3.05, 3.63) is 106 Å². The zero-order valence-electron chi connectivity index (χ0n) is 23.8. The molecule has 1 fully saturated rings. The van der Waals surface area contributed by atoms with E-state index < -0.39 is 11.5 Å². The monoisotopic (exact) mass is 578 g/mol. The highest BCUT2D eigenvalue weighted by atomic mass is 16.5. The summed E-state index contributed by atoms with van der Waals surface area (Å²) in [5.74, 6) is -0.115. The van der Waals surface area contributed by atoms with Crippen LogP contribution in [0.3, 0.4) is 0 Å². The van der Waals surface area contributed by atoms with Crippen LogP contribution in [-0.2, 0) is 4.79 Å². The summed E-state index contributed by atoms with van der Waals surface area (Å²) in [5.41, 5.74) is 1.56. The topological polar surface area (TPSA) is 117 Å². The van der Waals surface area contributed by atoms with Gasteiger partial charge in [0.1, 0.15) is 28.7 Å². The lowest BCUT2D eigenvalue weighted by molar-refractivity contribution is -0.122. The van der Waals surface area contributed by atoms with Gasteiger partial charge in [0, 0.05) is 43.5 Å². The van der Waals surface area contributed by atoms with E-state index in [2.05, 4.69) is 33.3 Å². The van der Waals surface area contributed by atoms with Crippen molar-refractivity contribution in [3.8, 4) is 23.3 Å². The molecule has 1 N–H and O–H groups in total. The second kappa shape index (κ2) is 11.9. The molecule has 4 aromatic rings. The Morgan fingerprint density at radius 2 is 1.74 bits per heavy atom. The predicted molar refractivity (Wildman–Crippen MR) is 160 cm³/mol. The first-order valence-electron chi connectivity index (χ1n) is 13.9. The molecule has 1 aromatic heterocycles. The zero-order valence-corrected chi connectivity index (χ0v) is 23.8. The van der Waals surface area contributed by atoms with Crippen molar-refractivity contribution in [2.75, 3.05) is 51.8 Å². The number of carbonyl (C=O) groups is 1. The van der Waals surface area contributed by atoms with Crippen molar-refractivity contribution in [3.63, 3.8) is 0 Å². The Balaban J connectivity index is 1.34. The second-order valence-electron chi connectivity index (χ2n) is 10.3. The molecule has 2 aliphatic heterocycles. The van der Waals surface area contributed by atoms with Gasteiger partial charge < -0.3 is 23.5 Å². The predicted octanol–water partition coefficient (Wildman–Crippen LogP) is 4.01. The van der Waals surface area contributed by atoms with Gasteiger partial charge in [0.15, 0.2) is 5.75 Å². The molecule has 1 unspecified atom stereocenters. The third kappa shape index (κ3) is 5.38. The second-order valence-corrected chi connectivity index (χ2v) is 10.3. The fourth-order valence-electron chi connectivity index (χ4n) is 5.68. The molecular formula is C33H30N4O6. The minimum atomic E-state index is -0.930. The fourth-order valence-corrected chi connectivity index (χ4v) is 5.68. The van der Waals surface area contributed by atoms with E-state index in [-0.39, 0.29) is 35.2 Å². The van der Waals surface area contributed by atoms with Crippen LogP contribution in [0, 0.1) is 11.3 Å². The molecule has 6 rings (SSSR count). The number of amides is 1. The molecule has 10 heteroatoms. The minimum absolute atomic E-state index is 0.0263. The van der Waals surface area contributed by atoms with E-state index in [1.54, 1.807) is 42.5 Å². The Bertz CT molecular complexity index is 1800. The largest absolute Gasteiger partial charge is 0.497 e. The number of carbonyl (C=O) groups excluding carboxylic acids is 1. The van der Waals surface area contributed by atoms with Crippen LogP contribution in [0.2, 0.25) is 0 Å². The standard InChI is InChI=1S/C33H30N4O6/c1-40-22-12-13-23(27(18-22)41-2)29-25(19-34)32(43-31-24-10-6-7-11-26(24)42-33(39)30(29)31)35-28(38)20-36-14-16-37(17-15-36)21-8-4-3-5-9-21/h3-13,18,29H,14-17,20H2,1-2H3,(H,35,38). The number of hydrogen-bond donors (Lipinski definition) is 1. The van der Waals surface area contributed by atoms with Gasteiger partial charge in [-0.15, -0.1) is 0 Å². The Hall–Kier alpha value is -5.27. The number of benzene rings is 3. The Morgan fingerprint density at radius 3 is 2.47 bits per heavy atom. The van der Waals surface area contributed by atoms with Crippen molar-refractivity contribution >= 4 is 22.6 Å². The van der Waals surface area contributed by atoms with Crippen LogP contribution in [0.5, 0.6) is 17.2 Å². The van der Waals surface area contributed by atoms with E-state index in [0.29, 0.717) is 41.1 Å². The first-order chi connectivity index (χ1) is 21.0. The van der Waals surface area contributed by atoms with Gasteiger partial charge in [-0.05, 0) is 30.3 Å². The molecule has 0 saturated carbocycles. The lowest BCUT2D eigenvalue weighted by Crippen LogP contribution is -2.49. The molecule has 43 heavy (non-hydrogen) atoms. The number of nitriles is 1. The molecule has 0 aliphatic carbocycles. The summed E-state index contributed by atoms with van der Waals surface area (Å²) in [6.45, 7) is 3.10. The van der Waals surface area contributed by atoms with Crippen molar-refractivity contribution in [2.24, 2.45) is 0 Å². The number of anilines is 1. The summed E-state index contributed by atoms with van der Waals surface area (Å²) in [6, 6.07) is 24.5. The Kier molecular flexibility index (Phi) is 7.73. The van der Waals surface area contributed by atoms with Gasteiger partial charge in [-0.25, -0.2) is 4.79 Å². The number of rotatable bonds is 7. The summed E-state index contributed by atoms with van der Waals surface area (Å²) in [5, 5.41) is 13.8. The summed E-state index contributed by atoms with van der Waals surface area (Å²) < 4.78 is 22.9. The molecule has 0 spiro atoms. The normalized spacial score (nSPS) is 16.7. The van der Waals surface area contributed by atoms with E-state index >= 15 is 0 Å². The van der Waals surface area contributed by atoms with E-state index in [1.165, 1.54) is 14.2 Å².